The molecule has 0 radical (unpaired) electrons. The van der Waals surface area contributed by atoms with Crippen LogP contribution in [0.1, 0.15) is 45.5 Å². The van der Waals surface area contributed by atoms with Gasteiger partial charge in [0.1, 0.15) is 4.81 Å². The zero-order valence-corrected chi connectivity index (χ0v) is 33.2. The van der Waals surface area contributed by atoms with Gasteiger partial charge in [0.05, 0.1) is 58.2 Å². The number of nitrogens with zero attached hydrogens (tertiary/aromatic N) is 1. The molecule has 1 N–H and O–H groups in total. The maximum atomic E-state index is 14.4. The van der Waals surface area contributed by atoms with Crippen molar-refractivity contribution in [2.45, 2.75) is 29.8 Å². The molecule has 1 heterocycles. The summed E-state index contributed by atoms with van der Waals surface area (Å²) >= 11 is 0.537. The van der Waals surface area contributed by atoms with Gasteiger partial charge in [-0.1, -0.05) is 42.5 Å². The molecule has 6 rings (SSSR count). The number of hydrogen-bond donors (Lipinski definition) is 1. The number of carbonyl (C=O) groups is 1. The van der Waals surface area contributed by atoms with Crippen LogP contribution in [-0.4, -0.2) is 63.3 Å². The number of quaternary nitrogens is 1. The largest absolute Gasteiger partial charge is 0.493 e. The van der Waals surface area contributed by atoms with Crippen molar-refractivity contribution in [3.63, 3.8) is 0 Å². The fourth-order valence-electron chi connectivity index (χ4n) is 6.46. The fourth-order valence-corrected chi connectivity index (χ4v) is 7.28. The normalized spacial score (nSPS) is 15.7. The van der Waals surface area contributed by atoms with Gasteiger partial charge >= 0.3 is 5.91 Å². The zero-order chi connectivity index (χ0) is 42.1. The Morgan fingerprint density at radius 2 is 1.39 bits per heavy atom. The molecule has 1 amide bonds. The molecule has 0 aromatic heterocycles. The first-order valence-electron chi connectivity index (χ1n) is 18.2. The third kappa shape index (κ3) is 9.69. The molecule has 0 spiro atoms. The van der Waals surface area contributed by atoms with Gasteiger partial charge in [0, 0.05) is 29.7 Å². The van der Waals surface area contributed by atoms with Gasteiger partial charge in [-0.15, -0.1) is 17.0 Å². The van der Waals surface area contributed by atoms with E-state index in [0.29, 0.717) is 47.6 Å². The highest BCUT2D eigenvalue weighted by atomic mass is 32.2. The standard InChI is InChI=1S/C44H40F4NO9S/c1-52-36-21-29(31-24-35(57-26-31)30-22-37(53-2)42(55-4)38(23-30)54-3)20-28(41(36)56-18-19-59-43-39(47)33(45)25-34(46)40(43)48)14-11-17-49(51,58-32-15-9-6-10-16-32)44(50)27-12-7-5-8-13-27/h5-10,12-13,15-16,20-23,25,31,35,51H,14,18-19,24,26H2,1-4H3/q+1. The molecule has 5 aromatic rings. The van der Waals surface area contributed by atoms with Crippen LogP contribution < -0.4 is 28.5 Å². The predicted molar refractivity (Wildman–Crippen MR) is 209 cm³/mol. The zero-order valence-electron chi connectivity index (χ0n) is 32.4. The summed E-state index contributed by atoms with van der Waals surface area (Å²) in [6.07, 6.45) is 0.0734. The quantitative estimate of drug-likeness (QED) is 0.0161. The lowest BCUT2D eigenvalue weighted by Gasteiger charge is -2.19. The molecule has 5 aromatic carbocycles. The number of carbonyl (C=O) groups excluding carboxylic acids is 1. The van der Waals surface area contributed by atoms with Crippen molar-refractivity contribution >= 4 is 17.7 Å². The highest BCUT2D eigenvalue weighted by Gasteiger charge is 2.41. The van der Waals surface area contributed by atoms with E-state index in [1.165, 1.54) is 40.6 Å². The summed E-state index contributed by atoms with van der Waals surface area (Å²) in [6.45, 7) is 0.137. The second-order valence-corrected chi connectivity index (χ2v) is 14.1. The third-order valence-electron chi connectivity index (χ3n) is 9.34. The van der Waals surface area contributed by atoms with Crippen molar-refractivity contribution in [3.05, 3.63) is 137 Å². The van der Waals surface area contributed by atoms with Gasteiger partial charge in [0.2, 0.25) is 11.8 Å². The number of halogens is 4. The molecule has 15 heteroatoms. The molecule has 1 aliphatic rings. The van der Waals surface area contributed by atoms with Crippen LogP contribution in [0.2, 0.25) is 0 Å². The summed E-state index contributed by atoms with van der Waals surface area (Å²) in [5.74, 6) is -2.27. The Hall–Kier alpha value is -5.92. The molecule has 10 nitrogen and oxygen atoms in total. The minimum absolute atomic E-state index is 0.115. The number of para-hydroxylation sites is 1. The van der Waals surface area contributed by atoms with E-state index in [9.17, 15) is 27.6 Å². The molecule has 0 saturated carbocycles. The molecular formula is C44H40F4NO9S+. The van der Waals surface area contributed by atoms with Crippen LogP contribution in [0, 0.1) is 35.2 Å². The number of hydrogen-bond acceptors (Lipinski definition) is 10. The van der Waals surface area contributed by atoms with Crippen molar-refractivity contribution < 1.29 is 65.6 Å². The van der Waals surface area contributed by atoms with Crippen LogP contribution in [-0.2, 0) is 11.2 Å². The van der Waals surface area contributed by atoms with Gasteiger partial charge in [0.25, 0.3) is 0 Å². The number of ether oxygens (including phenoxy) is 6. The Morgan fingerprint density at radius 3 is 2.00 bits per heavy atom. The maximum Gasteiger partial charge on any atom is 0.434 e. The van der Waals surface area contributed by atoms with Gasteiger partial charge in [0.15, 0.2) is 52.0 Å². The number of methoxy groups -OCH3 is 4. The van der Waals surface area contributed by atoms with Crippen molar-refractivity contribution in [1.29, 1.82) is 0 Å². The summed E-state index contributed by atoms with van der Waals surface area (Å²) in [4.78, 5) is 16.9. The lowest BCUT2D eigenvalue weighted by molar-refractivity contribution is -1.12. The van der Waals surface area contributed by atoms with E-state index in [1.54, 1.807) is 54.6 Å². The van der Waals surface area contributed by atoms with Gasteiger partial charge < -0.3 is 28.4 Å². The summed E-state index contributed by atoms with van der Waals surface area (Å²) in [5, 5.41) is 11.6. The second-order valence-electron chi connectivity index (χ2n) is 13.0. The average Bonchev–Trinajstić information content (AvgIpc) is 3.76. The molecule has 1 aliphatic heterocycles. The number of rotatable bonds is 15. The minimum Gasteiger partial charge on any atom is -0.493 e. The first-order chi connectivity index (χ1) is 28.5. The molecular weight excluding hydrogens is 795 g/mol. The van der Waals surface area contributed by atoms with E-state index in [-0.39, 0.29) is 59.7 Å². The molecule has 1 saturated heterocycles. The Balaban J connectivity index is 1.33. The average molecular weight is 835 g/mol. The van der Waals surface area contributed by atoms with Crippen molar-refractivity contribution in [2.24, 2.45) is 0 Å². The van der Waals surface area contributed by atoms with E-state index < -0.39 is 38.9 Å². The SMILES string of the molecule is COc1cc(C2COC(c3cc(OC)c(OC)c(OC)c3)C2)cc(CC#C[N+](O)(Oc2ccccc2)C(=O)c2ccccc2)c1OCCSc1c(F)c(F)cc(F)c1F. The van der Waals surface area contributed by atoms with Gasteiger partial charge in [-0.2, -0.15) is 0 Å². The molecule has 0 aliphatic carbocycles. The summed E-state index contributed by atoms with van der Waals surface area (Å²) < 4.78 is 91.3. The predicted octanol–water partition coefficient (Wildman–Crippen LogP) is 9.24. The van der Waals surface area contributed by atoms with Gasteiger partial charge in [-0.05, 0) is 65.9 Å². The van der Waals surface area contributed by atoms with Crippen LogP contribution >= 0.6 is 11.8 Å². The van der Waals surface area contributed by atoms with Gasteiger partial charge in [-0.25, -0.2) is 22.4 Å². The van der Waals surface area contributed by atoms with Gasteiger partial charge in [-0.3, -0.25) is 4.84 Å². The Morgan fingerprint density at radius 1 is 0.797 bits per heavy atom. The molecule has 59 heavy (non-hydrogen) atoms. The van der Waals surface area contributed by atoms with Crippen LogP contribution in [0.15, 0.2) is 95.9 Å². The number of thioether (sulfide) groups is 1. The van der Waals surface area contributed by atoms with Crippen LogP contribution in [0.3, 0.4) is 0 Å². The number of benzene rings is 5. The first kappa shape index (κ1) is 42.7. The molecule has 3 atom stereocenters. The number of hydroxylamine groups is 4. The molecule has 0 bridgehead atoms. The Labute approximate surface area is 342 Å². The molecule has 308 valence electrons. The lowest BCUT2D eigenvalue weighted by Crippen LogP contribution is -2.48. The highest BCUT2D eigenvalue weighted by molar-refractivity contribution is 7.99. The maximum absolute atomic E-state index is 14.4. The number of amides is 1. The van der Waals surface area contributed by atoms with Crippen molar-refractivity contribution in [2.75, 3.05) is 47.4 Å². The Bertz CT molecular complexity index is 2290. The van der Waals surface area contributed by atoms with Crippen molar-refractivity contribution in [1.82, 2.24) is 0 Å². The van der Waals surface area contributed by atoms with E-state index in [1.807, 2.05) is 18.2 Å². The lowest BCUT2D eigenvalue weighted by atomic mass is 9.91. The van der Waals surface area contributed by atoms with Crippen molar-refractivity contribution in [3.8, 4) is 46.5 Å². The van der Waals surface area contributed by atoms with E-state index in [4.69, 9.17) is 33.3 Å². The summed E-state index contributed by atoms with van der Waals surface area (Å²) in [7, 11) is 6.01. The smallest absolute Gasteiger partial charge is 0.434 e. The third-order valence-corrected chi connectivity index (χ3v) is 10.4. The topological polar surface area (TPSA) is 102 Å². The van der Waals surface area contributed by atoms with E-state index in [0.717, 1.165) is 11.1 Å². The van der Waals surface area contributed by atoms with Crippen LogP contribution in [0.4, 0.5) is 17.6 Å². The molecule has 3 unspecified atom stereocenters. The van der Waals surface area contributed by atoms with Crippen LogP contribution in [0.5, 0.6) is 34.5 Å². The summed E-state index contributed by atoms with van der Waals surface area (Å²) in [5.41, 5.74) is 2.20. The highest BCUT2D eigenvalue weighted by Crippen LogP contribution is 2.46. The van der Waals surface area contributed by atoms with E-state index >= 15 is 0 Å². The van der Waals surface area contributed by atoms with Crippen LogP contribution in [0.25, 0.3) is 0 Å². The minimum atomic E-state index is -1.74. The first-order valence-corrected chi connectivity index (χ1v) is 19.2. The van der Waals surface area contributed by atoms with E-state index in [2.05, 4.69) is 12.0 Å². The monoisotopic (exact) mass is 834 g/mol. The second kappa shape index (κ2) is 19.2. The summed E-state index contributed by atoms with van der Waals surface area (Å²) in [6, 6.07) is 26.2. The molecule has 1 fully saturated rings. The fraction of sp³-hybridized carbons (Fsp3) is 0.250. The Kier molecular flexibility index (Phi) is 13.9.